The van der Waals surface area contributed by atoms with E-state index in [-0.39, 0.29) is 5.75 Å². The van der Waals surface area contributed by atoms with E-state index in [1.54, 1.807) is 23.0 Å². The minimum absolute atomic E-state index is 0.180. The van der Waals surface area contributed by atoms with Gasteiger partial charge in [0.1, 0.15) is 0 Å². The van der Waals surface area contributed by atoms with Gasteiger partial charge in [0, 0.05) is 67.5 Å². The molecule has 0 unspecified atom stereocenters. The molecular weight excluding hydrogens is 433 g/mol. The number of rotatable bonds is 4. The van der Waals surface area contributed by atoms with E-state index < -0.39 is 5.82 Å². The van der Waals surface area contributed by atoms with E-state index >= 15 is 0 Å². The number of nitrogens with zero attached hydrogens (tertiary/aromatic N) is 7. The van der Waals surface area contributed by atoms with E-state index in [1.165, 1.54) is 18.9 Å². The molecule has 1 saturated heterocycles. The van der Waals surface area contributed by atoms with Gasteiger partial charge in [-0.25, -0.2) is 13.9 Å². The normalized spacial score (nSPS) is 14.2. The molecule has 34 heavy (non-hydrogen) atoms. The van der Waals surface area contributed by atoms with Gasteiger partial charge in [-0.05, 0) is 29.8 Å². The lowest BCUT2D eigenvalue weighted by atomic mass is 10.0. The standard InChI is InChI=1S/C25H22FN7O/c1-34-24-12-20-19(4-7-28-23(20)13-22(24)26)21-15-30-33-16-18(14-29-25(21)33)32-10-8-31(9-11-32)17-2-5-27-6-3-17/h2-7,12-16H,8-11H2,1H3. The third-order valence-corrected chi connectivity index (χ3v) is 6.32. The summed E-state index contributed by atoms with van der Waals surface area (Å²) in [6, 6.07) is 9.04. The van der Waals surface area contributed by atoms with Crippen molar-refractivity contribution in [2.24, 2.45) is 0 Å². The van der Waals surface area contributed by atoms with E-state index in [1.807, 2.05) is 43.0 Å². The van der Waals surface area contributed by atoms with Crippen LogP contribution in [-0.2, 0) is 0 Å². The van der Waals surface area contributed by atoms with Crippen LogP contribution in [0, 0.1) is 5.82 Å². The van der Waals surface area contributed by atoms with Crippen LogP contribution in [0.15, 0.2) is 67.5 Å². The van der Waals surface area contributed by atoms with Gasteiger partial charge in [-0.1, -0.05) is 0 Å². The molecule has 1 fully saturated rings. The topological polar surface area (TPSA) is 71.7 Å². The largest absolute Gasteiger partial charge is 0.494 e. The van der Waals surface area contributed by atoms with E-state index in [2.05, 4.69) is 24.9 Å². The van der Waals surface area contributed by atoms with Crippen molar-refractivity contribution in [3.05, 3.63) is 73.3 Å². The van der Waals surface area contributed by atoms with Crippen LogP contribution in [0.4, 0.5) is 15.8 Å². The minimum Gasteiger partial charge on any atom is -0.494 e. The highest BCUT2D eigenvalue weighted by Crippen LogP contribution is 2.33. The molecular formula is C25H22FN7O. The Hall–Kier alpha value is -4.27. The molecule has 0 saturated carbocycles. The molecule has 5 aromatic rings. The summed E-state index contributed by atoms with van der Waals surface area (Å²) < 4.78 is 21.2. The highest BCUT2D eigenvalue weighted by molar-refractivity contribution is 5.98. The second-order valence-corrected chi connectivity index (χ2v) is 8.18. The average molecular weight is 455 g/mol. The highest BCUT2D eigenvalue weighted by atomic mass is 19.1. The van der Waals surface area contributed by atoms with Crippen molar-refractivity contribution in [3.8, 4) is 16.9 Å². The first-order valence-corrected chi connectivity index (χ1v) is 11.1. The van der Waals surface area contributed by atoms with Crippen LogP contribution in [0.25, 0.3) is 27.7 Å². The van der Waals surface area contributed by atoms with Crippen molar-refractivity contribution >= 4 is 27.9 Å². The summed E-state index contributed by atoms with van der Waals surface area (Å²) >= 11 is 0. The van der Waals surface area contributed by atoms with Crippen LogP contribution in [0.3, 0.4) is 0 Å². The number of hydrogen-bond donors (Lipinski definition) is 0. The fourth-order valence-electron chi connectivity index (χ4n) is 4.53. The SMILES string of the molecule is COc1cc2c(-c3cnn4cc(N5CCN(c6ccncc6)CC5)cnc34)ccnc2cc1F. The molecule has 1 aromatic carbocycles. The number of benzene rings is 1. The molecule has 0 N–H and O–H groups in total. The van der Waals surface area contributed by atoms with Gasteiger partial charge in [0.2, 0.25) is 0 Å². The van der Waals surface area contributed by atoms with Gasteiger partial charge >= 0.3 is 0 Å². The number of methoxy groups -OCH3 is 1. The van der Waals surface area contributed by atoms with Gasteiger partial charge in [0.05, 0.1) is 36.9 Å². The fraction of sp³-hybridized carbons (Fsp3) is 0.200. The highest BCUT2D eigenvalue weighted by Gasteiger charge is 2.20. The first kappa shape index (κ1) is 20.3. The summed E-state index contributed by atoms with van der Waals surface area (Å²) in [5, 5.41) is 5.35. The van der Waals surface area contributed by atoms with E-state index in [0.717, 1.165) is 54.0 Å². The molecule has 0 spiro atoms. The molecule has 8 nitrogen and oxygen atoms in total. The summed E-state index contributed by atoms with van der Waals surface area (Å²) in [5.41, 5.74) is 5.24. The molecule has 1 aliphatic rings. The number of aromatic nitrogens is 5. The van der Waals surface area contributed by atoms with Crippen LogP contribution in [0.5, 0.6) is 5.75 Å². The lowest BCUT2D eigenvalue weighted by Crippen LogP contribution is -2.46. The van der Waals surface area contributed by atoms with E-state index in [4.69, 9.17) is 9.72 Å². The zero-order valence-electron chi connectivity index (χ0n) is 18.6. The minimum atomic E-state index is -0.439. The number of ether oxygens (including phenoxy) is 1. The average Bonchev–Trinajstić information content (AvgIpc) is 3.31. The molecule has 0 amide bonds. The Kier molecular flexibility index (Phi) is 4.94. The van der Waals surface area contributed by atoms with Gasteiger partial charge in [-0.15, -0.1) is 0 Å². The fourth-order valence-corrected chi connectivity index (χ4v) is 4.53. The summed E-state index contributed by atoms with van der Waals surface area (Å²) in [6.45, 7) is 3.63. The monoisotopic (exact) mass is 455 g/mol. The molecule has 0 radical (unpaired) electrons. The lowest BCUT2D eigenvalue weighted by molar-refractivity contribution is 0.387. The van der Waals surface area contributed by atoms with Crippen LogP contribution in [0.2, 0.25) is 0 Å². The van der Waals surface area contributed by atoms with Gasteiger partial charge in [-0.3, -0.25) is 9.97 Å². The van der Waals surface area contributed by atoms with E-state index in [0.29, 0.717) is 5.52 Å². The summed E-state index contributed by atoms with van der Waals surface area (Å²) in [4.78, 5) is 17.8. The lowest BCUT2D eigenvalue weighted by Gasteiger charge is -2.37. The van der Waals surface area contributed by atoms with Gasteiger partial charge in [-0.2, -0.15) is 5.10 Å². The van der Waals surface area contributed by atoms with Crippen LogP contribution >= 0.6 is 0 Å². The van der Waals surface area contributed by atoms with Crippen LogP contribution < -0.4 is 14.5 Å². The Morgan fingerprint density at radius 1 is 0.853 bits per heavy atom. The number of hydrogen-bond acceptors (Lipinski definition) is 7. The molecule has 4 aromatic heterocycles. The first-order valence-electron chi connectivity index (χ1n) is 11.1. The number of fused-ring (bicyclic) bond motifs is 2. The molecule has 6 rings (SSSR count). The zero-order chi connectivity index (χ0) is 23.1. The predicted octanol–water partition coefficient (Wildman–Crippen LogP) is 3.81. The molecule has 1 aliphatic heterocycles. The first-order chi connectivity index (χ1) is 16.7. The smallest absolute Gasteiger partial charge is 0.167 e. The van der Waals surface area contributed by atoms with Crippen molar-refractivity contribution in [1.29, 1.82) is 0 Å². The number of piperazine rings is 1. The third kappa shape index (κ3) is 3.45. The predicted molar refractivity (Wildman–Crippen MR) is 129 cm³/mol. The molecule has 5 heterocycles. The van der Waals surface area contributed by atoms with Crippen molar-refractivity contribution in [3.63, 3.8) is 0 Å². The molecule has 9 heteroatoms. The maximum atomic E-state index is 14.2. The molecule has 0 bridgehead atoms. The summed E-state index contributed by atoms with van der Waals surface area (Å²) in [5.74, 6) is -0.259. The quantitative estimate of drug-likeness (QED) is 0.408. The van der Waals surface area contributed by atoms with Crippen molar-refractivity contribution in [2.45, 2.75) is 0 Å². The van der Waals surface area contributed by atoms with Crippen molar-refractivity contribution in [2.75, 3.05) is 43.1 Å². The Morgan fingerprint density at radius 2 is 1.62 bits per heavy atom. The second kappa shape index (κ2) is 8.26. The Labute approximate surface area is 195 Å². The van der Waals surface area contributed by atoms with Crippen LogP contribution in [-0.4, -0.2) is 57.9 Å². The number of pyridine rings is 2. The second-order valence-electron chi connectivity index (χ2n) is 8.18. The molecule has 0 atom stereocenters. The Morgan fingerprint density at radius 3 is 2.38 bits per heavy atom. The Balaban J connectivity index is 1.30. The van der Waals surface area contributed by atoms with E-state index in [9.17, 15) is 4.39 Å². The van der Waals surface area contributed by atoms with Crippen LogP contribution in [0.1, 0.15) is 0 Å². The van der Waals surface area contributed by atoms with Crippen molar-refractivity contribution in [1.82, 2.24) is 24.6 Å². The van der Waals surface area contributed by atoms with Crippen molar-refractivity contribution < 1.29 is 9.13 Å². The number of halogens is 1. The molecule has 0 aliphatic carbocycles. The Bertz CT molecular complexity index is 1480. The maximum Gasteiger partial charge on any atom is 0.167 e. The van der Waals surface area contributed by atoms with Gasteiger partial charge in [0.25, 0.3) is 0 Å². The van der Waals surface area contributed by atoms with Gasteiger partial charge in [0.15, 0.2) is 17.2 Å². The summed E-state index contributed by atoms with van der Waals surface area (Å²) in [6.07, 6.45) is 11.0. The maximum absolute atomic E-state index is 14.2. The van der Waals surface area contributed by atoms with Gasteiger partial charge < -0.3 is 14.5 Å². The summed E-state index contributed by atoms with van der Waals surface area (Å²) in [7, 11) is 1.45. The molecule has 170 valence electrons. The number of anilines is 2. The third-order valence-electron chi connectivity index (χ3n) is 6.32. The zero-order valence-corrected chi connectivity index (χ0v) is 18.6.